The molecule has 0 spiro atoms. The lowest BCUT2D eigenvalue weighted by molar-refractivity contribution is 0.0660. The van der Waals surface area contributed by atoms with Crippen LogP contribution in [0.2, 0.25) is 0 Å². The summed E-state index contributed by atoms with van der Waals surface area (Å²) in [5.41, 5.74) is 1.78. The maximum atomic E-state index is 13.8. The van der Waals surface area contributed by atoms with Crippen molar-refractivity contribution in [1.29, 1.82) is 0 Å². The lowest BCUT2D eigenvalue weighted by Gasteiger charge is -2.34. The number of hydrogen-bond donors (Lipinski definition) is 2. The maximum Gasteiger partial charge on any atom is 0.317 e. The number of benzene rings is 2. The summed E-state index contributed by atoms with van der Waals surface area (Å²) in [6.07, 6.45) is 2.44. The van der Waals surface area contributed by atoms with E-state index in [-0.39, 0.29) is 23.3 Å². The van der Waals surface area contributed by atoms with E-state index in [9.17, 15) is 18.4 Å². The molecule has 1 aromatic heterocycles. The molecule has 8 heteroatoms. The summed E-state index contributed by atoms with van der Waals surface area (Å²) in [5.74, 6) is -1.19. The zero-order chi connectivity index (χ0) is 21.1. The van der Waals surface area contributed by atoms with Gasteiger partial charge in [0.15, 0.2) is 0 Å². The number of hydrogen-bond acceptors (Lipinski definition) is 2. The Balaban J connectivity index is 1.26. The summed E-state index contributed by atoms with van der Waals surface area (Å²) in [4.78, 5) is 31.1. The van der Waals surface area contributed by atoms with Gasteiger partial charge in [0.25, 0.3) is 5.91 Å². The number of fused-ring (bicyclic) bond motifs is 1. The van der Waals surface area contributed by atoms with Crippen molar-refractivity contribution < 1.29 is 18.4 Å². The van der Waals surface area contributed by atoms with Gasteiger partial charge in [-0.2, -0.15) is 0 Å². The van der Waals surface area contributed by atoms with Gasteiger partial charge in [0.2, 0.25) is 0 Å². The molecule has 0 aliphatic carbocycles. The fraction of sp³-hybridized carbons (Fsp3) is 0.273. The molecule has 3 amide bonds. The van der Waals surface area contributed by atoms with Crippen molar-refractivity contribution in [1.82, 2.24) is 20.1 Å². The van der Waals surface area contributed by atoms with Crippen molar-refractivity contribution in [3.63, 3.8) is 0 Å². The molecular weight excluding hydrogens is 390 g/mol. The van der Waals surface area contributed by atoms with Crippen LogP contribution in [0.3, 0.4) is 0 Å². The van der Waals surface area contributed by atoms with E-state index in [0.717, 1.165) is 16.5 Å². The molecule has 0 saturated carbocycles. The Bertz CT molecular complexity index is 1070. The minimum Gasteiger partial charge on any atom is -0.361 e. The van der Waals surface area contributed by atoms with E-state index in [4.69, 9.17) is 0 Å². The summed E-state index contributed by atoms with van der Waals surface area (Å²) in [6.45, 7) is 1.93. The average molecular weight is 412 g/mol. The summed E-state index contributed by atoms with van der Waals surface area (Å²) < 4.78 is 27.1. The van der Waals surface area contributed by atoms with Gasteiger partial charge < -0.3 is 20.1 Å². The molecule has 6 nitrogen and oxygen atoms in total. The van der Waals surface area contributed by atoms with Gasteiger partial charge in [0.1, 0.15) is 11.6 Å². The van der Waals surface area contributed by atoms with E-state index in [1.807, 2.05) is 6.20 Å². The van der Waals surface area contributed by atoms with E-state index in [2.05, 4.69) is 10.3 Å². The van der Waals surface area contributed by atoms with Crippen molar-refractivity contribution in [2.24, 2.45) is 0 Å². The van der Waals surface area contributed by atoms with Gasteiger partial charge >= 0.3 is 6.03 Å². The van der Waals surface area contributed by atoms with Gasteiger partial charge in [0, 0.05) is 49.8 Å². The number of aromatic nitrogens is 1. The fourth-order valence-corrected chi connectivity index (χ4v) is 3.70. The molecule has 0 radical (unpaired) electrons. The smallest absolute Gasteiger partial charge is 0.317 e. The van der Waals surface area contributed by atoms with Gasteiger partial charge in [-0.25, -0.2) is 13.6 Å². The van der Waals surface area contributed by atoms with Crippen LogP contribution < -0.4 is 5.32 Å². The van der Waals surface area contributed by atoms with Crippen LogP contribution >= 0.6 is 0 Å². The van der Waals surface area contributed by atoms with Crippen LogP contribution in [0.4, 0.5) is 13.6 Å². The summed E-state index contributed by atoms with van der Waals surface area (Å²) in [7, 11) is 0. The first kappa shape index (κ1) is 19.9. The van der Waals surface area contributed by atoms with Crippen LogP contribution in [0.25, 0.3) is 10.9 Å². The van der Waals surface area contributed by atoms with Crippen LogP contribution in [0.5, 0.6) is 0 Å². The van der Waals surface area contributed by atoms with Gasteiger partial charge in [0.05, 0.1) is 5.56 Å². The molecule has 4 rings (SSSR count). The Hall–Kier alpha value is -3.42. The molecule has 1 aliphatic heterocycles. The van der Waals surface area contributed by atoms with E-state index in [0.29, 0.717) is 39.1 Å². The molecule has 1 saturated heterocycles. The first-order valence-corrected chi connectivity index (χ1v) is 9.85. The Morgan fingerprint density at radius 3 is 2.50 bits per heavy atom. The molecule has 1 fully saturated rings. The zero-order valence-electron chi connectivity index (χ0n) is 16.3. The number of piperazine rings is 1. The second kappa shape index (κ2) is 8.52. The fourth-order valence-electron chi connectivity index (χ4n) is 3.70. The molecule has 2 aromatic carbocycles. The number of halogens is 2. The van der Waals surface area contributed by atoms with Crippen LogP contribution in [-0.2, 0) is 6.42 Å². The molecule has 0 atom stereocenters. The predicted molar refractivity (Wildman–Crippen MR) is 109 cm³/mol. The van der Waals surface area contributed by atoms with Crippen molar-refractivity contribution in [2.45, 2.75) is 6.42 Å². The highest BCUT2D eigenvalue weighted by molar-refractivity contribution is 5.94. The number of carbonyl (C=O) groups is 2. The summed E-state index contributed by atoms with van der Waals surface area (Å²) >= 11 is 0. The number of nitrogens with one attached hydrogen (secondary N) is 2. The van der Waals surface area contributed by atoms with Crippen LogP contribution in [0.1, 0.15) is 15.9 Å². The monoisotopic (exact) mass is 412 g/mol. The van der Waals surface area contributed by atoms with E-state index in [1.165, 1.54) is 24.3 Å². The second-order valence-electron chi connectivity index (χ2n) is 7.24. The molecule has 30 heavy (non-hydrogen) atoms. The van der Waals surface area contributed by atoms with E-state index < -0.39 is 5.82 Å². The lowest BCUT2D eigenvalue weighted by Crippen LogP contribution is -2.53. The number of nitrogens with zero attached hydrogens (tertiary/aromatic N) is 2. The van der Waals surface area contributed by atoms with E-state index >= 15 is 0 Å². The molecule has 2 N–H and O–H groups in total. The van der Waals surface area contributed by atoms with Crippen molar-refractivity contribution in [3.8, 4) is 0 Å². The largest absolute Gasteiger partial charge is 0.361 e. The third-order valence-electron chi connectivity index (χ3n) is 5.36. The third kappa shape index (κ3) is 4.12. The standard InChI is InChI=1S/C22H22F2N4O2/c23-16-5-6-17-15(14-26-20(17)13-16)7-8-25-22(30)28-11-9-27(10-12-28)21(29)18-3-1-2-4-19(18)24/h1-6,13-14,26H,7-12H2,(H,25,30). The van der Waals surface area contributed by atoms with Gasteiger partial charge in [-0.15, -0.1) is 0 Å². The highest BCUT2D eigenvalue weighted by atomic mass is 19.1. The first-order chi connectivity index (χ1) is 14.5. The van der Waals surface area contributed by atoms with Gasteiger partial charge in [-0.1, -0.05) is 12.1 Å². The summed E-state index contributed by atoms with van der Waals surface area (Å²) in [5, 5.41) is 3.82. The van der Waals surface area contributed by atoms with Crippen molar-refractivity contribution in [3.05, 3.63) is 71.4 Å². The number of aromatic amines is 1. The molecule has 0 unspecified atom stereocenters. The van der Waals surface area contributed by atoms with Crippen molar-refractivity contribution >= 4 is 22.8 Å². The molecule has 3 aromatic rings. The number of rotatable bonds is 4. The normalized spacial score (nSPS) is 14.2. The van der Waals surface area contributed by atoms with Gasteiger partial charge in [-0.3, -0.25) is 4.79 Å². The Kier molecular flexibility index (Phi) is 5.65. The third-order valence-corrected chi connectivity index (χ3v) is 5.36. The molecule has 2 heterocycles. The Morgan fingerprint density at radius 1 is 1.00 bits per heavy atom. The number of amides is 3. The molecule has 0 bridgehead atoms. The molecule has 156 valence electrons. The highest BCUT2D eigenvalue weighted by Gasteiger charge is 2.26. The minimum absolute atomic E-state index is 0.0500. The topological polar surface area (TPSA) is 68.4 Å². The summed E-state index contributed by atoms with van der Waals surface area (Å²) in [6, 6.07) is 10.3. The first-order valence-electron chi connectivity index (χ1n) is 9.85. The molecule has 1 aliphatic rings. The Morgan fingerprint density at radius 2 is 1.73 bits per heavy atom. The quantitative estimate of drug-likeness (QED) is 0.691. The number of urea groups is 1. The minimum atomic E-state index is -0.539. The van der Waals surface area contributed by atoms with Crippen molar-refractivity contribution in [2.75, 3.05) is 32.7 Å². The SMILES string of the molecule is O=C(NCCc1c[nH]c2cc(F)ccc12)N1CCN(C(=O)c2ccccc2F)CC1. The zero-order valence-corrected chi connectivity index (χ0v) is 16.3. The maximum absolute atomic E-state index is 13.8. The lowest BCUT2D eigenvalue weighted by atomic mass is 10.1. The predicted octanol–water partition coefficient (Wildman–Crippen LogP) is 3.16. The average Bonchev–Trinajstić information content (AvgIpc) is 3.15. The second-order valence-corrected chi connectivity index (χ2v) is 7.24. The number of H-pyrrole nitrogens is 1. The van der Waals surface area contributed by atoms with Gasteiger partial charge in [-0.05, 0) is 42.3 Å². The van der Waals surface area contributed by atoms with Crippen LogP contribution in [0, 0.1) is 11.6 Å². The van der Waals surface area contributed by atoms with Crippen LogP contribution in [0.15, 0.2) is 48.7 Å². The number of carbonyl (C=O) groups excluding carboxylic acids is 2. The Labute approximate surface area is 172 Å². The molecular formula is C22H22F2N4O2. The van der Waals surface area contributed by atoms with Crippen LogP contribution in [-0.4, -0.2) is 59.4 Å². The highest BCUT2D eigenvalue weighted by Crippen LogP contribution is 2.19. The van der Waals surface area contributed by atoms with E-state index in [1.54, 1.807) is 28.0 Å².